The second-order valence-corrected chi connectivity index (χ2v) is 9.78. The predicted molar refractivity (Wildman–Crippen MR) is 105 cm³/mol. The topological polar surface area (TPSA) is 75.7 Å². The van der Waals surface area contributed by atoms with Crippen molar-refractivity contribution >= 4 is 32.0 Å². The minimum Gasteiger partial charge on any atom is -0.444 e. The highest BCUT2D eigenvalue weighted by Gasteiger charge is 2.31. The van der Waals surface area contributed by atoms with Crippen molar-refractivity contribution in [1.29, 1.82) is 0 Å². The number of carbonyl (C=O) groups excluding carboxylic acids is 1. The molecule has 0 saturated carbocycles. The van der Waals surface area contributed by atoms with Gasteiger partial charge in [-0.3, -0.25) is 0 Å². The fourth-order valence-electron chi connectivity index (χ4n) is 2.86. The van der Waals surface area contributed by atoms with Crippen molar-refractivity contribution in [3.8, 4) is 0 Å². The van der Waals surface area contributed by atoms with E-state index in [2.05, 4.69) is 20.7 Å². The maximum Gasteiger partial charge on any atom is 0.410 e. The van der Waals surface area contributed by atoms with Gasteiger partial charge in [0.25, 0.3) is 0 Å². The monoisotopic (exact) mass is 446 g/mol. The van der Waals surface area contributed by atoms with Crippen LogP contribution in [0.5, 0.6) is 0 Å². The molecule has 1 fully saturated rings. The lowest BCUT2D eigenvalue weighted by Crippen LogP contribution is -2.50. The van der Waals surface area contributed by atoms with Crippen LogP contribution in [-0.4, -0.2) is 44.1 Å². The van der Waals surface area contributed by atoms with Crippen LogP contribution in [-0.2, 0) is 20.1 Å². The summed E-state index contributed by atoms with van der Waals surface area (Å²) in [4.78, 5) is 14.3. The Morgan fingerprint density at radius 3 is 2.73 bits per heavy atom. The molecule has 1 amide bonds. The first-order chi connectivity index (χ1) is 12.1. The summed E-state index contributed by atoms with van der Waals surface area (Å²) in [5.41, 5.74) is 0.315. The standard InChI is InChI=1S/C18H27BrN2O4S/c1-18(2,3)25-17(22)21-10-5-4-8-15(21)13-20-26(23,24)16-9-6-7-14(11-16)12-19/h6-7,9,11,15,20H,4-5,8,10,12-13H2,1-3H3/t15-/m1/s1. The molecule has 0 unspecified atom stereocenters. The van der Waals surface area contributed by atoms with Crippen LogP contribution < -0.4 is 4.72 Å². The zero-order valence-electron chi connectivity index (χ0n) is 15.5. The Bertz CT molecular complexity index is 731. The number of ether oxygens (including phenoxy) is 1. The zero-order chi connectivity index (χ0) is 19.4. The highest BCUT2D eigenvalue weighted by Crippen LogP contribution is 2.21. The maximum absolute atomic E-state index is 12.6. The van der Waals surface area contributed by atoms with E-state index in [1.807, 2.05) is 26.8 Å². The molecule has 0 spiro atoms. The second kappa shape index (κ2) is 8.71. The average molecular weight is 447 g/mol. The van der Waals surface area contributed by atoms with Gasteiger partial charge in [0.1, 0.15) is 5.60 Å². The fourth-order valence-corrected chi connectivity index (χ4v) is 4.35. The van der Waals surface area contributed by atoms with Gasteiger partial charge in [-0.1, -0.05) is 28.1 Å². The molecule has 1 atom stereocenters. The van der Waals surface area contributed by atoms with Crippen molar-refractivity contribution in [3.63, 3.8) is 0 Å². The number of nitrogens with zero attached hydrogens (tertiary/aromatic N) is 1. The number of piperidine rings is 1. The van der Waals surface area contributed by atoms with Gasteiger partial charge < -0.3 is 9.64 Å². The molecule has 1 saturated heterocycles. The Balaban J connectivity index is 2.06. The molecule has 26 heavy (non-hydrogen) atoms. The van der Waals surface area contributed by atoms with E-state index in [4.69, 9.17) is 4.74 Å². The lowest BCUT2D eigenvalue weighted by atomic mass is 10.0. The van der Waals surface area contributed by atoms with Gasteiger partial charge in [0.15, 0.2) is 0 Å². The first-order valence-corrected chi connectivity index (χ1v) is 11.4. The van der Waals surface area contributed by atoms with E-state index in [9.17, 15) is 13.2 Å². The summed E-state index contributed by atoms with van der Waals surface area (Å²) in [6.07, 6.45) is 2.23. The predicted octanol–water partition coefficient (Wildman–Crippen LogP) is 3.65. The molecule has 1 aliphatic rings. The Labute approximate surface area is 164 Å². The normalized spacial score (nSPS) is 18.6. The number of hydrogen-bond acceptors (Lipinski definition) is 4. The molecular formula is C18H27BrN2O4S. The number of alkyl halides is 1. The Morgan fingerprint density at radius 2 is 2.08 bits per heavy atom. The van der Waals surface area contributed by atoms with Crippen LogP contribution in [0.4, 0.5) is 4.79 Å². The van der Waals surface area contributed by atoms with Gasteiger partial charge in [-0.05, 0) is 57.7 Å². The minimum absolute atomic E-state index is 0.181. The highest BCUT2D eigenvalue weighted by atomic mass is 79.9. The smallest absolute Gasteiger partial charge is 0.410 e. The van der Waals surface area contributed by atoms with Crippen LogP contribution in [0.25, 0.3) is 0 Å². The zero-order valence-corrected chi connectivity index (χ0v) is 17.9. The van der Waals surface area contributed by atoms with Gasteiger partial charge in [-0.25, -0.2) is 17.9 Å². The van der Waals surface area contributed by atoms with E-state index in [1.165, 1.54) is 0 Å². The largest absolute Gasteiger partial charge is 0.444 e. The lowest BCUT2D eigenvalue weighted by Gasteiger charge is -2.36. The number of nitrogens with one attached hydrogen (secondary N) is 1. The molecular weight excluding hydrogens is 420 g/mol. The van der Waals surface area contributed by atoms with Crippen LogP contribution in [0.1, 0.15) is 45.6 Å². The van der Waals surface area contributed by atoms with E-state index in [0.29, 0.717) is 11.9 Å². The van der Waals surface area contributed by atoms with Crippen molar-refractivity contribution < 1.29 is 17.9 Å². The molecule has 2 rings (SSSR count). The number of carbonyl (C=O) groups is 1. The van der Waals surface area contributed by atoms with Crippen molar-refractivity contribution in [3.05, 3.63) is 29.8 Å². The molecule has 6 nitrogen and oxygen atoms in total. The third-order valence-electron chi connectivity index (χ3n) is 4.13. The summed E-state index contributed by atoms with van der Waals surface area (Å²) in [5.74, 6) is 0. The van der Waals surface area contributed by atoms with Gasteiger partial charge in [0.05, 0.1) is 4.90 Å². The van der Waals surface area contributed by atoms with Crippen LogP contribution in [0, 0.1) is 0 Å². The molecule has 0 radical (unpaired) electrons. The van der Waals surface area contributed by atoms with Gasteiger partial charge in [0, 0.05) is 24.5 Å². The maximum atomic E-state index is 12.6. The molecule has 0 bridgehead atoms. The number of rotatable bonds is 5. The van der Waals surface area contributed by atoms with Gasteiger partial charge in [0.2, 0.25) is 10.0 Å². The summed E-state index contributed by atoms with van der Waals surface area (Å²) in [5, 5.41) is 0.589. The molecule has 8 heteroatoms. The highest BCUT2D eigenvalue weighted by molar-refractivity contribution is 9.08. The molecule has 1 N–H and O–H groups in total. The SMILES string of the molecule is CC(C)(C)OC(=O)N1CCCC[C@@H]1CNS(=O)(=O)c1cccc(CBr)c1. The van der Waals surface area contributed by atoms with Crippen LogP contribution in [0.15, 0.2) is 29.2 Å². The lowest BCUT2D eigenvalue weighted by molar-refractivity contribution is 0.0105. The fraction of sp³-hybridized carbons (Fsp3) is 0.611. The van der Waals surface area contributed by atoms with E-state index < -0.39 is 15.6 Å². The van der Waals surface area contributed by atoms with Crippen molar-refractivity contribution in [2.24, 2.45) is 0 Å². The Hall–Kier alpha value is -1.12. The second-order valence-electron chi connectivity index (χ2n) is 7.46. The third kappa shape index (κ3) is 5.96. The van der Waals surface area contributed by atoms with E-state index >= 15 is 0 Å². The van der Waals surface area contributed by atoms with Gasteiger partial charge >= 0.3 is 6.09 Å². The molecule has 1 aliphatic heterocycles. The van der Waals surface area contributed by atoms with Gasteiger partial charge in [-0.2, -0.15) is 0 Å². The van der Waals surface area contributed by atoms with Crippen molar-refractivity contribution in [1.82, 2.24) is 9.62 Å². The Kier molecular flexibility index (Phi) is 7.10. The van der Waals surface area contributed by atoms with Crippen LogP contribution >= 0.6 is 15.9 Å². The van der Waals surface area contributed by atoms with Crippen LogP contribution in [0.2, 0.25) is 0 Å². The quantitative estimate of drug-likeness (QED) is 0.700. The number of likely N-dealkylation sites (tertiary alicyclic amines) is 1. The summed E-state index contributed by atoms with van der Waals surface area (Å²) in [6, 6.07) is 6.59. The minimum atomic E-state index is -3.63. The molecule has 146 valence electrons. The average Bonchev–Trinajstić information content (AvgIpc) is 2.59. The summed E-state index contributed by atoms with van der Waals surface area (Å²) in [7, 11) is -3.63. The summed E-state index contributed by atoms with van der Waals surface area (Å²) >= 11 is 3.33. The number of amides is 1. The summed E-state index contributed by atoms with van der Waals surface area (Å²) < 4.78 is 33.3. The first kappa shape index (κ1) is 21.2. The van der Waals surface area contributed by atoms with E-state index in [1.54, 1.807) is 23.1 Å². The number of benzene rings is 1. The van der Waals surface area contributed by atoms with Crippen molar-refractivity contribution in [2.45, 2.75) is 61.9 Å². The van der Waals surface area contributed by atoms with Gasteiger partial charge in [-0.15, -0.1) is 0 Å². The van der Waals surface area contributed by atoms with Crippen LogP contribution in [0.3, 0.4) is 0 Å². The molecule has 1 aromatic carbocycles. The molecule has 1 aromatic rings. The number of sulfonamides is 1. The Morgan fingerprint density at radius 1 is 1.35 bits per heavy atom. The first-order valence-electron chi connectivity index (χ1n) is 8.76. The number of halogens is 1. The van der Waals surface area contributed by atoms with Crippen molar-refractivity contribution in [2.75, 3.05) is 13.1 Å². The molecule has 0 aromatic heterocycles. The number of hydrogen-bond donors (Lipinski definition) is 1. The molecule has 0 aliphatic carbocycles. The van der Waals surface area contributed by atoms with E-state index in [-0.39, 0.29) is 23.6 Å². The molecule has 1 heterocycles. The van der Waals surface area contributed by atoms with E-state index in [0.717, 1.165) is 24.8 Å². The summed E-state index contributed by atoms with van der Waals surface area (Å²) in [6.45, 7) is 6.23. The third-order valence-corrected chi connectivity index (χ3v) is 6.20.